The first-order valence-corrected chi connectivity index (χ1v) is 11.4. The maximum atomic E-state index is 11.0. The van der Waals surface area contributed by atoms with Gasteiger partial charge in [-0.2, -0.15) is 10.5 Å². The van der Waals surface area contributed by atoms with Crippen LogP contribution in [0.3, 0.4) is 0 Å². The van der Waals surface area contributed by atoms with E-state index in [-0.39, 0.29) is 16.9 Å². The van der Waals surface area contributed by atoms with Gasteiger partial charge in [0.2, 0.25) is 0 Å². The number of hydrogen-bond acceptors (Lipinski definition) is 6. The quantitative estimate of drug-likeness (QED) is 0.222. The summed E-state index contributed by atoms with van der Waals surface area (Å²) >= 11 is 0. The number of nitrogens with one attached hydrogen (secondary N) is 1. The highest BCUT2D eigenvalue weighted by molar-refractivity contribution is 5.83. The van der Waals surface area contributed by atoms with Crippen molar-refractivity contribution in [1.82, 2.24) is 9.55 Å². The number of nitro benzene ring substituents is 1. The van der Waals surface area contributed by atoms with Gasteiger partial charge in [-0.25, -0.2) is 4.98 Å². The highest BCUT2D eigenvalue weighted by atomic mass is 16.6. The highest BCUT2D eigenvalue weighted by Gasteiger charge is 2.17. The Kier molecular flexibility index (Phi) is 7.23. The molecule has 5 rings (SSSR count). The predicted octanol–water partition coefficient (Wildman–Crippen LogP) is 6.72. The van der Waals surface area contributed by atoms with E-state index in [0.717, 1.165) is 22.3 Å². The van der Waals surface area contributed by atoms with E-state index in [1.54, 1.807) is 18.5 Å². The molecule has 8 nitrogen and oxygen atoms in total. The zero-order chi connectivity index (χ0) is 26.4. The van der Waals surface area contributed by atoms with Gasteiger partial charge in [-0.05, 0) is 67.4 Å². The van der Waals surface area contributed by atoms with Gasteiger partial charge in [-0.3, -0.25) is 14.7 Å². The maximum absolute atomic E-state index is 11.0. The number of aromatic nitrogens is 2. The molecule has 0 amide bonds. The first-order valence-electron chi connectivity index (χ1n) is 11.4. The van der Waals surface area contributed by atoms with Crippen LogP contribution in [0.2, 0.25) is 0 Å². The second kappa shape index (κ2) is 10.9. The van der Waals surface area contributed by atoms with Crippen LogP contribution in [0.25, 0.3) is 16.7 Å². The van der Waals surface area contributed by atoms with Gasteiger partial charge in [-0.1, -0.05) is 36.4 Å². The number of rotatable bonds is 4. The van der Waals surface area contributed by atoms with Crippen molar-refractivity contribution in [3.63, 3.8) is 0 Å². The van der Waals surface area contributed by atoms with E-state index in [4.69, 9.17) is 5.26 Å². The van der Waals surface area contributed by atoms with Crippen LogP contribution in [-0.2, 0) is 0 Å². The van der Waals surface area contributed by atoms with Crippen LogP contribution in [0.1, 0.15) is 22.3 Å². The van der Waals surface area contributed by atoms with Crippen LogP contribution in [0.15, 0.2) is 91.3 Å². The van der Waals surface area contributed by atoms with Crippen LogP contribution in [0.5, 0.6) is 0 Å². The SMILES string of the molecule is Cc1cccc(-n2cnc3cccc(C#N)c32)c1.Cc1cccc(Nc2c(C#N)cccc2[N+](=O)[O-])c1. The summed E-state index contributed by atoms with van der Waals surface area (Å²) < 4.78 is 1.96. The fourth-order valence-electron chi connectivity index (χ4n) is 3.91. The molecule has 0 atom stereocenters. The molecule has 5 aromatic rings. The molecule has 1 aromatic heterocycles. The fraction of sp³-hybridized carbons (Fsp3) is 0.0690. The van der Waals surface area contributed by atoms with E-state index in [9.17, 15) is 15.4 Å². The Morgan fingerprint density at radius 3 is 2.19 bits per heavy atom. The van der Waals surface area contributed by atoms with Gasteiger partial charge in [-0.15, -0.1) is 0 Å². The standard InChI is InChI=1S/C15H11N3.C14H11N3O2/c1-11-4-2-6-13(8-11)18-10-17-14-7-3-5-12(9-16)15(14)18;1-10-4-2-6-12(8-10)16-14-11(9-15)5-3-7-13(14)17(18)19/h2-8,10H,1H3;2-8,16H,1H3. The minimum absolute atomic E-state index is 0.111. The van der Waals surface area contributed by atoms with Crippen LogP contribution in [-0.4, -0.2) is 14.5 Å². The number of imidazole rings is 1. The molecule has 0 aliphatic rings. The molecule has 8 heteroatoms. The highest BCUT2D eigenvalue weighted by Crippen LogP contribution is 2.31. The molecule has 0 radical (unpaired) electrons. The number of aryl methyl sites for hydroxylation is 2. The zero-order valence-electron chi connectivity index (χ0n) is 20.2. The lowest BCUT2D eigenvalue weighted by atomic mass is 10.1. The third kappa shape index (κ3) is 5.45. The number of nitro groups is 1. The molecule has 0 spiro atoms. The largest absolute Gasteiger partial charge is 0.349 e. The van der Waals surface area contributed by atoms with Crippen molar-refractivity contribution in [1.29, 1.82) is 10.5 Å². The van der Waals surface area contributed by atoms with Gasteiger partial charge in [0.25, 0.3) is 5.69 Å². The second-order valence-electron chi connectivity index (χ2n) is 8.30. The van der Waals surface area contributed by atoms with E-state index >= 15 is 0 Å². The normalized spacial score (nSPS) is 10.1. The van der Waals surface area contributed by atoms with Crippen molar-refractivity contribution < 1.29 is 4.92 Å². The zero-order valence-corrected chi connectivity index (χ0v) is 20.2. The first kappa shape index (κ1) is 24.6. The number of benzene rings is 4. The smallest absolute Gasteiger partial charge is 0.294 e. The molecule has 4 aromatic carbocycles. The number of para-hydroxylation sites is 2. The monoisotopic (exact) mass is 486 g/mol. The summed E-state index contributed by atoms with van der Waals surface area (Å²) in [7, 11) is 0. The van der Waals surface area contributed by atoms with Crippen molar-refractivity contribution in [2.45, 2.75) is 13.8 Å². The summed E-state index contributed by atoms with van der Waals surface area (Å²) in [6.45, 7) is 3.98. The number of hydrogen-bond donors (Lipinski definition) is 1. The lowest BCUT2D eigenvalue weighted by Crippen LogP contribution is -1.99. The summed E-state index contributed by atoms with van der Waals surface area (Å²) in [5, 5.41) is 32.2. The van der Waals surface area contributed by atoms with E-state index < -0.39 is 4.92 Å². The van der Waals surface area contributed by atoms with E-state index in [2.05, 4.69) is 22.4 Å². The molecule has 0 unspecified atom stereocenters. The Labute approximate surface area is 213 Å². The Morgan fingerprint density at radius 2 is 1.51 bits per heavy atom. The van der Waals surface area contributed by atoms with Crippen molar-refractivity contribution in [3.05, 3.63) is 124 Å². The fourth-order valence-corrected chi connectivity index (χ4v) is 3.91. The number of nitrogens with zero attached hydrogens (tertiary/aromatic N) is 5. The lowest BCUT2D eigenvalue weighted by molar-refractivity contribution is -0.383. The first-order chi connectivity index (χ1) is 17.9. The number of fused-ring (bicyclic) bond motifs is 1. The van der Waals surface area contributed by atoms with Gasteiger partial charge in [0.05, 0.1) is 27.1 Å². The Morgan fingerprint density at radius 1 is 0.865 bits per heavy atom. The molecule has 1 N–H and O–H groups in total. The summed E-state index contributed by atoms with van der Waals surface area (Å²) in [5.41, 5.74) is 6.67. The van der Waals surface area contributed by atoms with Crippen molar-refractivity contribution in [3.8, 4) is 17.8 Å². The molecule has 0 fully saturated rings. The van der Waals surface area contributed by atoms with Gasteiger partial charge in [0.15, 0.2) is 0 Å². The summed E-state index contributed by atoms with van der Waals surface area (Å²) in [5.74, 6) is 0. The molecule has 0 aliphatic heterocycles. The Balaban J connectivity index is 0.000000173. The summed E-state index contributed by atoms with van der Waals surface area (Å²) in [6.07, 6.45) is 1.76. The molecular formula is C29H22N6O2. The number of anilines is 2. The van der Waals surface area contributed by atoms with Gasteiger partial charge < -0.3 is 5.32 Å². The summed E-state index contributed by atoms with van der Waals surface area (Å²) in [4.78, 5) is 14.8. The molecule has 37 heavy (non-hydrogen) atoms. The van der Waals surface area contributed by atoms with Crippen LogP contribution < -0.4 is 5.32 Å². The van der Waals surface area contributed by atoms with Gasteiger partial charge in [0, 0.05) is 17.4 Å². The average Bonchev–Trinajstić information content (AvgIpc) is 3.34. The Bertz CT molecular complexity index is 1690. The van der Waals surface area contributed by atoms with E-state index in [1.807, 2.05) is 79.1 Å². The second-order valence-corrected chi connectivity index (χ2v) is 8.30. The van der Waals surface area contributed by atoms with Gasteiger partial charge in [0.1, 0.15) is 24.2 Å². The molecule has 0 bridgehead atoms. The van der Waals surface area contributed by atoms with Crippen molar-refractivity contribution in [2.75, 3.05) is 5.32 Å². The molecular weight excluding hydrogens is 464 g/mol. The predicted molar refractivity (Wildman–Crippen MR) is 143 cm³/mol. The number of nitriles is 2. The molecule has 0 saturated heterocycles. The minimum atomic E-state index is -0.501. The molecule has 0 aliphatic carbocycles. The third-order valence-corrected chi connectivity index (χ3v) is 5.62. The van der Waals surface area contributed by atoms with Gasteiger partial charge >= 0.3 is 0 Å². The molecule has 1 heterocycles. The van der Waals surface area contributed by atoms with Crippen LogP contribution in [0.4, 0.5) is 17.1 Å². The third-order valence-electron chi connectivity index (χ3n) is 5.62. The topological polar surface area (TPSA) is 121 Å². The van der Waals surface area contributed by atoms with E-state index in [0.29, 0.717) is 11.3 Å². The van der Waals surface area contributed by atoms with Crippen molar-refractivity contribution >= 4 is 28.1 Å². The maximum Gasteiger partial charge on any atom is 0.294 e. The summed E-state index contributed by atoms with van der Waals surface area (Å²) in [6, 6.07) is 29.8. The minimum Gasteiger partial charge on any atom is -0.349 e. The van der Waals surface area contributed by atoms with E-state index in [1.165, 1.54) is 17.7 Å². The van der Waals surface area contributed by atoms with Crippen LogP contribution >= 0.6 is 0 Å². The van der Waals surface area contributed by atoms with Crippen molar-refractivity contribution in [2.24, 2.45) is 0 Å². The Hall–Kier alpha value is -5.47. The molecule has 180 valence electrons. The lowest BCUT2D eigenvalue weighted by Gasteiger charge is -2.09. The van der Waals surface area contributed by atoms with Crippen LogP contribution in [0, 0.1) is 46.6 Å². The average molecular weight is 487 g/mol. The molecule has 0 saturated carbocycles.